The van der Waals surface area contributed by atoms with E-state index in [2.05, 4.69) is 22.2 Å². The van der Waals surface area contributed by atoms with Gasteiger partial charge < -0.3 is 10.1 Å². The number of fused-ring (bicyclic) bond motifs is 1. The van der Waals surface area contributed by atoms with E-state index in [1.807, 2.05) is 18.7 Å². The van der Waals surface area contributed by atoms with Gasteiger partial charge in [0.15, 0.2) is 0 Å². The molecule has 0 spiro atoms. The molecule has 0 aromatic carbocycles. The molecule has 94 valence electrons. The Labute approximate surface area is 107 Å². The fourth-order valence-electron chi connectivity index (χ4n) is 1.84. The van der Waals surface area contributed by atoms with Crippen LogP contribution in [0.3, 0.4) is 0 Å². The molecule has 0 atom stereocenters. The first kappa shape index (κ1) is 12.6. The average molecular weight is 253 g/mol. The van der Waals surface area contributed by atoms with Crippen LogP contribution in [-0.4, -0.2) is 29.7 Å². The molecule has 1 aromatic heterocycles. The second-order valence-corrected chi connectivity index (χ2v) is 4.87. The maximum absolute atomic E-state index is 5.35. The van der Waals surface area contributed by atoms with E-state index in [-0.39, 0.29) is 0 Å². The van der Waals surface area contributed by atoms with Crippen molar-refractivity contribution in [2.75, 3.05) is 25.1 Å². The number of aromatic nitrogens is 2. The van der Waals surface area contributed by atoms with Crippen molar-refractivity contribution < 1.29 is 4.74 Å². The SMILES string of the molecule is CCNc1nc(CCOCC)nc2c1CSC2. The summed E-state index contributed by atoms with van der Waals surface area (Å²) in [5, 5.41) is 3.33. The van der Waals surface area contributed by atoms with Crippen LogP contribution in [0.4, 0.5) is 5.82 Å². The molecule has 4 nitrogen and oxygen atoms in total. The quantitative estimate of drug-likeness (QED) is 0.788. The van der Waals surface area contributed by atoms with Gasteiger partial charge in [0, 0.05) is 36.6 Å². The maximum atomic E-state index is 5.35. The monoisotopic (exact) mass is 253 g/mol. The number of hydrogen-bond acceptors (Lipinski definition) is 5. The van der Waals surface area contributed by atoms with Crippen LogP contribution in [0.1, 0.15) is 30.9 Å². The van der Waals surface area contributed by atoms with E-state index < -0.39 is 0 Å². The van der Waals surface area contributed by atoms with Gasteiger partial charge in [0.05, 0.1) is 12.3 Å². The molecule has 0 saturated carbocycles. The van der Waals surface area contributed by atoms with Gasteiger partial charge in [-0.3, -0.25) is 0 Å². The van der Waals surface area contributed by atoms with Crippen molar-refractivity contribution >= 4 is 17.6 Å². The van der Waals surface area contributed by atoms with Crippen LogP contribution in [0.2, 0.25) is 0 Å². The Kier molecular flexibility index (Phi) is 4.62. The third kappa shape index (κ3) is 3.10. The van der Waals surface area contributed by atoms with Gasteiger partial charge in [-0.2, -0.15) is 11.8 Å². The lowest BCUT2D eigenvalue weighted by molar-refractivity contribution is 0.149. The number of anilines is 1. The molecular weight excluding hydrogens is 234 g/mol. The van der Waals surface area contributed by atoms with Crippen molar-refractivity contribution in [3.63, 3.8) is 0 Å². The van der Waals surface area contributed by atoms with Crippen LogP contribution >= 0.6 is 11.8 Å². The molecule has 2 heterocycles. The highest BCUT2D eigenvalue weighted by molar-refractivity contribution is 7.98. The van der Waals surface area contributed by atoms with Gasteiger partial charge in [0.1, 0.15) is 11.6 Å². The molecule has 0 aliphatic carbocycles. The fourth-order valence-corrected chi connectivity index (χ4v) is 2.88. The Morgan fingerprint density at radius 1 is 1.29 bits per heavy atom. The Morgan fingerprint density at radius 2 is 2.18 bits per heavy atom. The zero-order valence-corrected chi connectivity index (χ0v) is 11.3. The lowest BCUT2D eigenvalue weighted by atomic mass is 10.2. The molecular formula is C12H19N3OS. The molecule has 1 aliphatic rings. The minimum Gasteiger partial charge on any atom is -0.381 e. The maximum Gasteiger partial charge on any atom is 0.134 e. The molecule has 1 aliphatic heterocycles. The lowest BCUT2D eigenvalue weighted by Crippen LogP contribution is -2.10. The van der Waals surface area contributed by atoms with Crippen LogP contribution in [-0.2, 0) is 22.7 Å². The van der Waals surface area contributed by atoms with Crippen molar-refractivity contribution in [3.8, 4) is 0 Å². The summed E-state index contributed by atoms with van der Waals surface area (Å²) < 4.78 is 5.35. The van der Waals surface area contributed by atoms with E-state index in [1.165, 1.54) is 11.3 Å². The smallest absolute Gasteiger partial charge is 0.134 e. The van der Waals surface area contributed by atoms with Gasteiger partial charge in [-0.25, -0.2) is 9.97 Å². The predicted molar refractivity (Wildman–Crippen MR) is 71.4 cm³/mol. The molecule has 17 heavy (non-hydrogen) atoms. The van der Waals surface area contributed by atoms with Crippen molar-refractivity contribution in [1.29, 1.82) is 0 Å². The predicted octanol–water partition coefficient (Wildman–Crippen LogP) is 2.23. The van der Waals surface area contributed by atoms with Gasteiger partial charge in [0.2, 0.25) is 0 Å². The topological polar surface area (TPSA) is 47.0 Å². The number of hydrogen-bond donors (Lipinski definition) is 1. The number of ether oxygens (including phenoxy) is 1. The molecule has 0 unspecified atom stereocenters. The van der Waals surface area contributed by atoms with Crippen molar-refractivity contribution in [1.82, 2.24) is 9.97 Å². The summed E-state index contributed by atoms with van der Waals surface area (Å²) in [6.45, 7) is 6.45. The average Bonchev–Trinajstić information content (AvgIpc) is 2.78. The second-order valence-electron chi connectivity index (χ2n) is 3.88. The van der Waals surface area contributed by atoms with Gasteiger partial charge >= 0.3 is 0 Å². The number of nitrogens with zero attached hydrogens (tertiary/aromatic N) is 2. The third-order valence-electron chi connectivity index (χ3n) is 2.64. The Balaban J connectivity index is 2.14. The van der Waals surface area contributed by atoms with Crippen LogP contribution in [0.5, 0.6) is 0 Å². The summed E-state index contributed by atoms with van der Waals surface area (Å²) in [4.78, 5) is 9.21. The zero-order valence-electron chi connectivity index (χ0n) is 10.5. The first-order chi connectivity index (χ1) is 8.35. The van der Waals surface area contributed by atoms with Gasteiger partial charge in [-0.1, -0.05) is 0 Å². The molecule has 0 bridgehead atoms. The summed E-state index contributed by atoms with van der Waals surface area (Å²) in [6.07, 6.45) is 0.796. The molecule has 1 N–H and O–H groups in total. The van der Waals surface area contributed by atoms with E-state index in [1.54, 1.807) is 0 Å². The third-order valence-corrected chi connectivity index (χ3v) is 3.61. The Morgan fingerprint density at radius 3 is 2.94 bits per heavy atom. The molecule has 0 radical (unpaired) electrons. The number of rotatable bonds is 6. The molecule has 5 heteroatoms. The van der Waals surface area contributed by atoms with E-state index >= 15 is 0 Å². The Hall–Kier alpha value is -0.810. The fraction of sp³-hybridized carbons (Fsp3) is 0.667. The minimum absolute atomic E-state index is 0.702. The molecule has 0 saturated heterocycles. The Bertz CT molecular complexity index is 384. The zero-order chi connectivity index (χ0) is 12.1. The van der Waals surface area contributed by atoms with Crippen molar-refractivity contribution in [2.45, 2.75) is 31.8 Å². The van der Waals surface area contributed by atoms with E-state index in [9.17, 15) is 0 Å². The molecule has 0 fully saturated rings. The standard InChI is InChI=1S/C12H19N3OS/c1-3-13-12-9-7-17-8-10(9)14-11(15-12)5-6-16-4-2/h3-8H2,1-2H3,(H,13,14,15). The normalized spacial score (nSPS) is 13.8. The summed E-state index contributed by atoms with van der Waals surface area (Å²) in [7, 11) is 0. The van der Waals surface area contributed by atoms with Crippen LogP contribution in [0, 0.1) is 0 Å². The summed E-state index contributed by atoms with van der Waals surface area (Å²) in [5.41, 5.74) is 2.49. The van der Waals surface area contributed by atoms with Gasteiger partial charge in [-0.05, 0) is 13.8 Å². The highest BCUT2D eigenvalue weighted by atomic mass is 32.2. The van der Waals surface area contributed by atoms with Crippen LogP contribution in [0.15, 0.2) is 0 Å². The first-order valence-corrected chi connectivity index (χ1v) is 7.28. The highest BCUT2D eigenvalue weighted by Crippen LogP contribution is 2.32. The lowest BCUT2D eigenvalue weighted by Gasteiger charge is -2.10. The summed E-state index contributed by atoms with van der Waals surface area (Å²) in [5.74, 6) is 3.96. The summed E-state index contributed by atoms with van der Waals surface area (Å²) in [6, 6.07) is 0. The summed E-state index contributed by atoms with van der Waals surface area (Å²) >= 11 is 1.91. The minimum atomic E-state index is 0.702. The molecule has 0 amide bonds. The van der Waals surface area contributed by atoms with Gasteiger partial charge in [0.25, 0.3) is 0 Å². The molecule has 2 rings (SSSR count). The van der Waals surface area contributed by atoms with E-state index in [0.717, 1.165) is 42.7 Å². The van der Waals surface area contributed by atoms with Crippen LogP contribution < -0.4 is 5.32 Å². The largest absolute Gasteiger partial charge is 0.381 e. The van der Waals surface area contributed by atoms with E-state index in [4.69, 9.17) is 4.74 Å². The second kappa shape index (κ2) is 6.21. The van der Waals surface area contributed by atoms with Crippen molar-refractivity contribution in [2.24, 2.45) is 0 Å². The van der Waals surface area contributed by atoms with Gasteiger partial charge in [-0.15, -0.1) is 0 Å². The number of thioether (sulfide) groups is 1. The highest BCUT2D eigenvalue weighted by Gasteiger charge is 2.19. The number of nitrogens with one attached hydrogen (secondary N) is 1. The van der Waals surface area contributed by atoms with Crippen LogP contribution in [0.25, 0.3) is 0 Å². The molecule has 1 aromatic rings. The van der Waals surface area contributed by atoms with Crippen molar-refractivity contribution in [3.05, 3.63) is 17.1 Å². The first-order valence-electron chi connectivity index (χ1n) is 6.13. The van der Waals surface area contributed by atoms with E-state index in [0.29, 0.717) is 6.61 Å².